The smallest absolute Gasteiger partial charge is 0.166 e. The van der Waals surface area contributed by atoms with Gasteiger partial charge in [0.05, 0.1) is 5.02 Å². The van der Waals surface area contributed by atoms with Crippen LogP contribution >= 0.6 is 11.6 Å². The fourth-order valence-electron chi connectivity index (χ4n) is 1.68. The van der Waals surface area contributed by atoms with E-state index in [-0.39, 0.29) is 16.5 Å². The Balaban J connectivity index is 2.34. The van der Waals surface area contributed by atoms with E-state index in [0.717, 1.165) is 6.07 Å². The lowest BCUT2D eigenvalue weighted by Crippen LogP contribution is -2.05. The third-order valence-electron chi connectivity index (χ3n) is 2.57. The Kier molecular flexibility index (Phi) is 4.35. The molecule has 0 radical (unpaired) electrons. The van der Waals surface area contributed by atoms with E-state index >= 15 is 0 Å². The molecule has 19 heavy (non-hydrogen) atoms. The molecule has 0 aromatic heterocycles. The van der Waals surface area contributed by atoms with Gasteiger partial charge in [0.1, 0.15) is 11.6 Å². The molecule has 100 valence electrons. The van der Waals surface area contributed by atoms with E-state index in [2.05, 4.69) is 0 Å². The Hall–Kier alpha value is -1.65. The maximum Gasteiger partial charge on any atom is 0.166 e. The monoisotopic (exact) mass is 283 g/mol. The van der Waals surface area contributed by atoms with Crippen LogP contribution < -0.4 is 10.5 Å². The van der Waals surface area contributed by atoms with Crippen LogP contribution in [-0.4, -0.2) is 6.54 Å². The normalized spacial score (nSPS) is 10.5. The van der Waals surface area contributed by atoms with Crippen LogP contribution in [0.5, 0.6) is 11.5 Å². The van der Waals surface area contributed by atoms with Crippen LogP contribution in [0.4, 0.5) is 8.78 Å². The van der Waals surface area contributed by atoms with Gasteiger partial charge in [-0.25, -0.2) is 8.78 Å². The number of ether oxygens (including phenoxy) is 1. The highest BCUT2D eigenvalue weighted by atomic mass is 35.5. The molecule has 0 aliphatic rings. The van der Waals surface area contributed by atoms with Crippen LogP contribution in [0.25, 0.3) is 0 Å². The molecule has 0 atom stereocenters. The lowest BCUT2D eigenvalue weighted by Gasteiger charge is -2.11. The first kappa shape index (κ1) is 13.8. The molecule has 2 nitrogen and oxygen atoms in total. The molecule has 2 N–H and O–H groups in total. The predicted molar refractivity (Wildman–Crippen MR) is 70.6 cm³/mol. The summed E-state index contributed by atoms with van der Waals surface area (Å²) in [7, 11) is 0. The van der Waals surface area contributed by atoms with Crippen molar-refractivity contribution >= 4 is 11.6 Å². The van der Waals surface area contributed by atoms with Gasteiger partial charge in [-0.2, -0.15) is 0 Å². The summed E-state index contributed by atoms with van der Waals surface area (Å²) < 4.78 is 32.5. The molecule has 0 bridgehead atoms. The van der Waals surface area contributed by atoms with Gasteiger partial charge in [-0.1, -0.05) is 23.7 Å². The molecule has 5 heteroatoms. The Morgan fingerprint density at radius 3 is 2.58 bits per heavy atom. The van der Waals surface area contributed by atoms with Crippen LogP contribution in [0.1, 0.15) is 5.56 Å². The largest absolute Gasteiger partial charge is 0.454 e. The molecule has 0 unspecified atom stereocenters. The van der Waals surface area contributed by atoms with E-state index in [0.29, 0.717) is 18.5 Å². The first-order valence-corrected chi connectivity index (χ1v) is 6.10. The molecular weight excluding hydrogens is 272 g/mol. The zero-order chi connectivity index (χ0) is 13.8. The molecule has 0 amide bonds. The number of para-hydroxylation sites is 1. The number of hydrogen-bond acceptors (Lipinski definition) is 2. The second-order valence-corrected chi connectivity index (χ2v) is 4.35. The molecule has 2 aromatic rings. The van der Waals surface area contributed by atoms with E-state index in [1.165, 1.54) is 18.2 Å². The van der Waals surface area contributed by atoms with Crippen molar-refractivity contribution in [1.29, 1.82) is 0 Å². The maximum atomic E-state index is 13.8. The standard InChI is InChI=1S/C14H12ClF2NO/c15-11-5-4-10(8-13(11)17)19-14-9(6-7-18)2-1-3-12(14)16/h1-5,8H,6-7,18H2. The third kappa shape index (κ3) is 3.22. The highest BCUT2D eigenvalue weighted by molar-refractivity contribution is 6.30. The molecule has 2 rings (SSSR count). The van der Waals surface area contributed by atoms with E-state index in [9.17, 15) is 8.78 Å². The van der Waals surface area contributed by atoms with E-state index < -0.39 is 11.6 Å². The van der Waals surface area contributed by atoms with E-state index in [1.807, 2.05) is 0 Å². The van der Waals surface area contributed by atoms with Gasteiger partial charge in [0, 0.05) is 6.07 Å². The number of hydrogen-bond donors (Lipinski definition) is 1. The summed E-state index contributed by atoms with van der Waals surface area (Å²) in [6.07, 6.45) is 0.475. The summed E-state index contributed by atoms with van der Waals surface area (Å²) in [6.45, 7) is 0.370. The van der Waals surface area contributed by atoms with Crippen molar-refractivity contribution in [2.24, 2.45) is 5.73 Å². The SMILES string of the molecule is NCCc1cccc(F)c1Oc1ccc(Cl)c(F)c1. The Morgan fingerprint density at radius 1 is 1.11 bits per heavy atom. The first-order chi connectivity index (χ1) is 9.11. The van der Waals surface area contributed by atoms with Gasteiger partial charge in [0.2, 0.25) is 0 Å². The molecule has 0 aliphatic heterocycles. The minimum Gasteiger partial charge on any atom is -0.454 e. The molecule has 0 fully saturated rings. The first-order valence-electron chi connectivity index (χ1n) is 5.72. The number of rotatable bonds is 4. The predicted octanol–water partition coefficient (Wildman–Crippen LogP) is 3.91. The summed E-state index contributed by atoms with van der Waals surface area (Å²) in [5.41, 5.74) is 6.10. The van der Waals surface area contributed by atoms with E-state index in [1.54, 1.807) is 12.1 Å². The van der Waals surface area contributed by atoms with E-state index in [4.69, 9.17) is 22.1 Å². The topological polar surface area (TPSA) is 35.2 Å². The van der Waals surface area contributed by atoms with Gasteiger partial charge in [0.15, 0.2) is 11.6 Å². The molecular formula is C14H12ClF2NO. The van der Waals surface area contributed by atoms with Crippen molar-refractivity contribution in [3.63, 3.8) is 0 Å². The Labute approximate surface area is 114 Å². The quantitative estimate of drug-likeness (QED) is 0.923. The summed E-state index contributed by atoms with van der Waals surface area (Å²) in [5, 5.41) is -0.0111. The van der Waals surface area contributed by atoms with Gasteiger partial charge in [0.25, 0.3) is 0 Å². The van der Waals surface area contributed by atoms with Crippen molar-refractivity contribution in [3.05, 3.63) is 58.6 Å². The Bertz CT molecular complexity index is 590. The second-order valence-electron chi connectivity index (χ2n) is 3.94. The minimum atomic E-state index is -0.615. The molecule has 2 aromatic carbocycles. The molecule has 0 saturated heterocycles. The van der Waals surface area contributed by atoms with Crippen LogP contribution in [0, 0.1) is 11.6 Å². The lowest BCUT2D eigenvalue weighted by molar-refractivity contribution is 0.433. The average Bonchev–Trinajstić information content (AvgIpc) is 2.38. The van der Waals surface area contributed by atoms with Crippen molar-refractivity contribution in [3.8, 4) is 11.5 Å². The summed E-state index contributed by atoms with van der Waals surface area (Å²) in [5.74, 6) is -0.878. The fourth-order valence-corrected chi connectivity index (χ4v) is 1.80. The Morgan fingerprint density at radius 2 is 1.89 bits per heavy atom. The lowest BCUT2D eigenvalue weighted by atomic mass is 10.1. The molecule has 0 aliphatic carbocycles. The second kappa shape index (κ2) is 5.99. The van der Waals surface area contributed by atoms with Crippen LogP contribution in [0.3, 0.4) is 0 Å². The van der Waals surface area contributed by atoms with Crippen LogP contribution in [0.2, 0.25) is 5.02 Å². The van der Waals surface area contributed by atoms with Crippen molar-refractivity contribution in [2.45, 2.75) is 6.42 Å². The van der Waals surface area contributed by atoms with Crippen molar-refractivity contribution in [1.82, 2.24) is 0 Å². The zero-order valence-corrected chi connectivity index (χ0v) is 10.8. The highest BCUT2D eigenvalue weighted by Gasteiger charge is 2.11. The summed E-state index contributed by atoms with van der Waals surface area (Å²) in [6, 6.07) is 8.52. The van der Waals surface area contributed by atoms with Gasteiger partial charge in [-0.3, -0.25) is 0 Å². The summed E-state index contributed by atoms with van der Waals surface area (Å²) >= 11 is 5.57. The number of benzene rings is 2. The highest BCUT2D eigenvalue weighted by Crippen LogP contribution is 2.30. The van der Waals surface area contributed by atoms with Crippen LogP contribution in [0.15, 0.2) is 36.4 Å². The average molecular weight is 284 g/mol. The molecule has 0 spiro atoms. The molecule has 0 saturated carbocycles. The maximum absolute atomic E-state index is 13.8. The van der Waals surface area contributed by atoms with Crippen molar-refractivity contribution < 1.29 is 13.5 Å². The van der Waals surface area contributed by atoms with Gasteiger partial charge in [-0.05, 0) is 36.7 Å². The fraction of sp³-hybridized carbons (Fsp3) is 0.143. The summed E-state index contributed by atoms with van der Waals surface area (Å²) in [4.78, 5) is 0. The minimum absolute atomic E-state index is 0.0111. The van der Waals surface area contributed by atoms with Crippen LogP contribution in [-0.2, 0) is 6.42 Å². The third-order valence-corrected chi connectivity index (χ3v) is 2.88. The number of halogens is 3. The van der Waals surface area contributed by atoms with Gasteiger partial charge in [-0.15, -0.1) is 0 Å². The molecule has 0 heterocycles. The number of nitrogens with two attached hydrogens (primary N) is 1. The zero-order valence-electron chi connectivity index (χ0n) is 10.00. The van der Waals surface area contributed by atoms with Gasteiger partial charge < -0.3 is 10.5 Å². The van der Waals surface area contributed by atoms with Gasteiger partial charge >= 0.3 is 0 Å². The van der Waals surface area contributed by atoms with Crippen molar-refractivity contribution in [2.75, 3.05) is 6.54 Å².